The number of nitrogens with one attached hydrogen (secondary N) is 1. The first-order valence-electron chi connectivity index (χ1n) is 7.40. The summed E-state index contributed by atoms with van der Waals surface area (Å²) in [6, 6.07) is 1.86. The molecule has 6 heteroatoms. The Morgan fingerprint density at radius 3 is 3.05 bits per heavy atom. The Hall–Kier alpha value is -1.46. The van der Waals surface area contributed by atoms with Crippen molar-refractivity contribution in [1.29, 1.82) is 0 Å². The molecule has 1 amide bonds. The van der Waals surface area contributed by atoms with Gasteiger partial charge >= 0.3 is 0 Å². The van der Waals surface area contributed by atoms with Gasteiger partial charge in [0.15, 0.2) is 0 Å². The lowest BCUT2D eigenvalue weighted by Gasteiger charge is -2.23. The maximum atomic E-state index is 12.6. The monoisotopic (exact) mass is 307 g/mol. The highest BCUT2D eigenvalue weighted by molar-refractivity contribution is 6.33. The average Bonchev–Trinajstić information content (AvgIpc) is 3.17. The molecule has 4 rings (SSSR count). The number of fused-ring (bicyclic) bond motifs is 3. The minimum Gasteiger partial charge on any atom is -0.492 e. The first-order chi connectivity index (χ1) is 10.1. The molecular formula is C15H18ClN3O2. The van der Waals surface area contributed by atoms with Gasteiger partial charge in [-0.3, -0.25) is 4.79 Å². The third kappa shape index (κ3) is 2.07. The van der Waals surface area contributed by atoms with E-state index in [0.717, 1.165) is 25.2 Å². The van der Waals surface area contributed by atoms with E-state index in [4.69, 9.17) is 22.1 Å². The molecule has 3 atom stereocenters. The summed E-state index contributed by atoms with van der Waals surface area (Å²) in [6.45, 7) is 3.76. The van der Waals surface area contributed by atoms with Crippen molar-refractivity contribution in [2.24, 2.45) is 5.92 Å². The van der Waals surface area contributed by atoms with Gasteiger partial charge in [-0.05, 0) is 24.9 Å². The second-order valence-corrected chi connectivity index (χ2v) is 6.52. The van der Waals surface area contributed by atoms with E-state index in [-0.39, 0.29) is 11.9 Å². The van der Waals surface area contributed by atoms with E-state index >= 15 is 0 Å². The number of nitrogen functional groups attached to an aromatic ring is 1. The molecular weight excluding hydrogens is 290 g/mol. The van der Waals surface area contributed by atoms with Gasteiger partial charge in [0.05, 0.1) is 22.9 Å². The van der Waals surface area contributed by atoms with Crippen LogP contribution in [-0.4, -0.2) is 43.1 Å². The van der Waals surface area contributed by atoms with Crippen LogP contribution in [0.2, 0.25) is 5.02 Å². The highest BCUT2D eigenvalue weighted by Crippen LogP contribution is 2.39. The average molecular weight is 308 g/mol. The SMILES string of the molecule is Nc1c(Cl)cc(C(=O)NC2CN3CCC2C3)c2c1CCO2. The number of anilines is 1. The molecule has 5 nitrogen and oxygen atoms in total. The molecule has 0 aromatic heterocycles. The number of hydrogen-bond donors (Lipinski definition) is 2. The molecule has 3 unspecified atom stereocenters. The normalized spacial score (nSPS) is 29.3. The molecule has 0 spiro atoms. The second-order valence-electron chi connectivity index (χ2n) is 6.11. The number of benzene rings is 1. The standard InChI is InChI=1S/C15H18ClN3O2/c16-11-5-10(14-9(13(11)17)2-4-21-14)15(20)18-12-7-19-3-1-8(12)6-19/h5,8,12H,1-4,6-7,17H2,(H,18,20). The van der Waals surface area contributed by atoms with E-state index in [2.05, 4.69) is 10.2 Å². The largest absolute Gasteiger partial charge is 0.492 e. The van der Waals surface area contributed by atoms with Crippen LogP contribution in [0, 0.1) is 5.92 Å². The van der Waals surface area contributed by atoms with Gasteiger partial charge < -0.3 is 20.7 Å². The van der Waals surface area contributed by atoms with Crippen LogP contribution >= 0.6 is 11.6 Å². The Morgan fingerprint density at radius 2 is 2.33 bits per heavy atom. The number of halogens is 1. The number of amides is 1. The van der Waals surface area contributed by atoms with Crippen molar-refractivity contribution in [3.63, 3.8) is 0 Å². The summed E-state index contributed by atoms with van der Waals surface area (Å²) in [7, 11) is 0. The fourth-order valence-corrected chi connectivity index (χ4v) is 3.95. The lowest BCUT2D eigenvalue weighted by Crippen LogP contribution is -2.43. The molecule has 2 bridgehead atoms. The van der Waals surface area contributed by atoms with Crippen LogP contribution in [0.1, 0.15) is 22.3 Å². The number of carbonyl (C=O) groups is 1. The van der Waals surface area contributed by atoms with Crippen molar-refractivity contribution >= 4 is 23.2 Å². The van der Waals surface area contributed by atoms with Crippen molar-refractivity contribution < 1.29 is 9.53 Å². The zero-order chi connectivity index (χ0) is 14.6. The summed E-state index contributed by atoms with van der Waals surface area (Å²) in [6.07, 6.45) is 1.88. The first-order valence-corrected chi connectivity index (χ1v) is 7.78. The quantitative estimate of drug-likeness (QED) is 0.808. The number of carbonyl (C=O) groups excluding carboxylic acids is 1. The Bertz CT molecular complexity index is 619. The lowest BCUT2D eigenvalue weighted by atomic mass is 9.99. The van der Waals surface area contributed by atoms with Crippen molar-refractivity contribution in [2.45, 2.75) is 18.9 Å². The number of rotatable bonds is 2. The highest BCUT2D eigenvalue weighted by Gasteiger charge is 2.39. The Morgan fingerprint density at radius 1 is 1.48 bits per heavy atom. The topological polar surface area (TPSA) is 67.6 Å². The van der Waals surface area contributed by atoms with Crippen LogP contribution in [0.4, 0.5) is 5.69 Å². The number of piperidine rings is 1. The van der Waals surface area contributed by atoms with E-state index < -0.39 is 0 Å². The Labute approximate surface area is 128 Å². The molecule has 2 fully saturated rings. The zero-order valence-corrected chi connectivity index (χ0v) is 12.4. The number of nitrogens with two attached hydrogens (primary N) is 1. The minimum absolute atomic E-state index is 0.103. The fourth-order valence-electron chi connectivity index (χ4n) is 3.73. The van der Waals surface area contributed by atoms with Crippen LogP contribution < -0.4 is 15.8 Å². The van der Waals surface area contributed by atoms with Crippen LogP contribution in [0.3, 0.4) is 0 Å². The van der Waals surface area contributed by atoms with Gasteiger partial charge in [-0.2, -0.15) is 0 Å². The maximum absolute atomic E-state index is 12.6. The van der Waals surface area contributed by atoms with Gasteiger partial charge in [-0.25, -0.2) is 0 Å². The summed E-state index contributed by atoms with van der Waals surface area (Å²) < 4.78 is 5.60. The fraction of sp³-hybridized carbons (Fsp3) is 0.533. The summed E-state index contributed by atoms with van der Waals surface area (Å²) in [4.78, 5) is 15.0. The van der Waals surface area contributed by atoms with Gasteiger partial charge in [-0.1, -0.05) is 11.6 Å². The van der Waals surface area contributed by atoms with Crippen molar-refractivity contribution in [3.05, 3.63) is 22.2 Å². The van der Waals surface area contributed by atoms with Gasteiger partial charge in [0.2, 0.25) is 0 Å². The van der Waals surface area contributed by atoms with Crippen LogP contribution in [0.25, 0.3) is 0 Å². The molecule has 112 valence electrons. The lowest BCUT2D eigenvalue weighted by molar-refractivity contribution is 0.0921. The van der Waals surface area contributed by atoms with E-state index in [1.807, 2.05) is 0 Å². The smallest absolute Gasteiger partial charge is 0.255 e. The predicted octanol–water partition coefficient (Wildman–Crippen LogP) is 1.29. The minimum atomic E-state index is -0.103. The number of ether oxygens (including phenoxy) is 1. The maximum Gasteiger partial charge on any atom is 0.255 e. The van der Waals surface area contributed by atoms with E-state index in [1.165, 1.54) is 6.42 Å². The Balaban J connectivity index is 1.60. The van der Waals surface area contributed by atoms with Crippen molar-refractivity contribution in [3.8, 4) is 5.75 Å². The van der Waals surface area contributed by atoms with Gasteiger partial charge in [0.25, 0.3) is 5.91 Å². The second kappa shape index (κ2) is 4.78. The van der Waals surface area contributed by atoms with Crippen molar-refractivity contribution in [1.82, 2.24) is 10.2 Å². The van der Waals surface area contributed by atoms with Gasteiger partial charge in [-0.15, -0.1) is 0 Å². The van der Waals surface area contributed by atoms with Crippen molar-refractivity contribution in [2.75, 3.05) is 32.0 Å². The summed E-state index contributed by atoms with van der Waals surface area (Å²) >= 11 is 6.15. The molecule has 3 heterocycles. The third-order valence-corrected chi connectivity index (χ3v) is 5.18. The molecule has 3 N–H and O–H groups in total. The molecule has 3 aliphatic heterocycles. The molecule has 0 aliphatic carbocycles. The van der Waals surface area contributed by atoms with E-state index in [9.17, 15) is 4.79 Å². The zero-order valence-electron chi connectivity index (χ0n) is 11.7. The van der Waals surface area contributed by atoms with Gasteiger partial charge in [0.1, 0.15) is 5.75 Å². The van der Waals surface area contributed by atoms with Crippen LogP contribution in [0.15, 0.2) is 6.07 Å². The molecule has 0 saturated carbocycles. The van der Waals surface area contributed by atoms with E-state index in [0.29, 0.717) is 41.0 Å². The van der Waals surface area contributed by atoms with Gasteiger partial charge in [0, 0.05) is 31.1 Å². The molecule has 0 radical (unpaired) electrons. The predicted molar refractivity (Wildman–Crippen MR) is 80.9 cm³/mol. The summed E-state index contributed by atoms with van der Waals surface area (Å²) in [5.41, 5.74) is 7.88. The van der Waals surface area contributed by atoms with Crippen LogP contribution in [0.5, 0.6) is 5.75 Å². The molecule has 1 aromatic carbocycles. The third-order valence-electron chi connectivity index (χ3n) is 4.86. The molecule has 2 saturated heterocycles. The molecule has 1 aromatic rings. The molecule has 3 aliphatic rings. The molecule has 21 heavy (non-hydrogen) atoms. The van der Waals surface area contributed by atoms with Crippen LogP contribution in [-0.2, 0) is 6.42 Å². The van der Waals surface area contributed by atoms with E-state index in [1.54, 1.807) is 6.07 Å². The Kier molecular flexibility index (Phi) is 3.01. The number of nitrogens with zero attached hydrogens (tertiary/aromatic N) is 1. The summed E-state index contributed by atoms with van der Waals surface area (Å²) in [5, 5.41) is 3.57. The first kappa shape index (κ1) is 13.2. The summed E-state index contributed by atoms with van der Waals surface area (Å²) in [5.74, 6) is 1.08. The highest BCUT2D eigenvalue weighted by atomic mass is 35.5. The number of hydrogen-bond acceptors (Lipinski definition) is 4.